The summed E-state index contributed by atoms with van der Waals surface area (Å²) in [5, 5.41) is 5.64. The maximum absolute atomic E-state index is 12.4. The lowest BCUT2D eigenvalue weighted by Gasteiger charge is -2.28. The molecule has 0 spiro atoms. The second-order valence-electron chi connectivity index (χ2n) is 5.63. The topological polar surface area (TPSA) is 61.4 Å². The Balaban J connectivity index is 2.07. The van der Waals surface area contributed by atoms with Gasteiger partial charge in [0.2, 0.25) is 5.91 Å². The number of benzene rings is 1. The summed E-state index contributed by atoms with van der Waals surface area (Å²) in [4.78, 5) is 26.7. The van der Waals surface area contributed by atoms with Gasteiger partial charge in [-0.2, -0.15) is 0 Å². The summed E-state index contributed by atoms with van der Waals surface area (Å²) < 4.78 is 0. The summed E-state index contributed by atoms with van der Waals surface area (Å²) in [6, 6.07) is 7.06. The zero-order chi connectivity index (χ0) is 15.9. The highest BCUT2D eigenvalue weighted by Gasteiger charge is 2.24. The highest BCUT2D eigenvalue weighted by molar-refractivity contribution is 6.04. The van der Waals surface area contributed by atoms with Crippen LogP contribution < -0.4 is 10.6 Å². The fourth-order valence-corrected chi connectivity index (χ4v) is 2.67. The van der Waals surface area contributed by atoms with E-state index in [-0.39, 0.29) is 17.7 Å². The molecule has 1 aliphatic heterocycles. The van der Waals surface area contributed by atoms with Gasteiger partial charge in [0.05, 0.1) is 17.2 Å². The Hall–Kier alpha value is -2.14. The third-order valence-corrected chi connectivity index (χ3v) is 3.83. The second-order valence-corrected chi connectivity index (χ2v) is 5.63. The maximum atomic E-state index is 12.4. The number of nitrogens with zero attached hydrogens (tertiary/aromatic N) is 1. The first-order chi connectivity index (χ1) is 10.6. The lowest BCUT2D eigenvalue weighted by molar-refractivity contribution is -0.121. The maximum Gasteiger partial charge on any atom is 0.253 e. The standard InChI is InChI=1S/C17H23N3O2/c1-3-10-18-17(22)14-8-4-5-9-15(14)19-16(21)13-7-6-11-20(2)12-13/h3-5,8-9,13H,1,6-7,10-12H2,2H3,(H,18,22)(H,19,21). The molecule has 0 aromatic heterocycles. The summed E-state index contributed by atoms with van der Waals surface area (Å²) in [6.45, 7) is 5.77. The van der Waals surface area contributed by atoms with Crippen LogP contribution in [-0.4, -0.2) is 43.4 Å². The van der Waals surface area contributed by atoms with Crippen molar-refractivity contribution in [2.45, 2.75) is 12.8 Å². The molecule has 1 heterocycles. The first kappa shape index (κ1) is 16.2. The van der Waals surface area contributed by atoms with E-state index in [9.17, 15) is 9.59 Å². The second kappa shape index (κ2) is 7.75. The zero-order valence-electron chi connectivity index (χ0n) is 13.0. The van der Waals surface area contributed by atoms with Gasteiger partial charge in [-0.05, 0) is 38.6 Å². The van der Waals surface area contributed by atoms with Crippen molar-refractivity contribution in [1.29, 1.82) is 0 Å². The molecule has 1 atom stereocenters. The molecule has 1 aliphatic rings. The number of amides is 2. The van der Waals surface area contributed by atoms with E-state index >= 15 is 0 Å². The molecular formula is C17H23N3O2. The molecule has 2 rings (SSSR count). The molecule has 22 heavy (non-hydrogen) atoms. The average Bonchev–Trinajstić information content (AvgIpc) is 2.53. The average molecular weight is 301 g/mol. The Kier molecular flexibility index (Phi) is 5.72. The normalized spacial score (nSPS) is 18.5. The van der Waals surface area contributed by atoms with Crippen LogP contribution in [0.25, 0.3) is 0 Å². The van der Waals surface area contributed by atoms with Gasteiger partial charge in [-0.15, -0.1) is 6.58 Å². The summed E-state index contributed by atoms with van der Waals surface area (Å²) in [5.74, 6) is -0.255. The van der Waals surface area contributed by atoms with Crippen molar-refractivity contribution in [1.82, 2.24) is 10.2 Å². The first-order valence-corrected chi connectivity index (χ1v) is 7.59. The SMILES string of the molecule is C=CCNC(=O)c1ccccc1NC(=O)C1CCCN(C)C1. The number of carbonyl (C=O) groups excluding carboxylic acids is 2. The van der Waals surface area contributed by atoms with Gasteiger partial charge in [0.15, 0.2) is 0 Å². The monoisotopic (exact) mass is 301 g/mol. The quantitative estimate of drug-likeness (QED) is 0.816. The van der Waals surface area contributed by atoms with Gasteiger partial charge in [0.25, 0.3) is 5.91 Å². The van der Waals surface area contributed by atoms with Crippen LogP contribution in [0.15, 0.2) is 36.9 Å². The predicted molar refractivity (Wildman–Crippen MR) is 87.8 cm³/mol. The molecule has 2 N–H and O–H groups in total. The molecule has 5 heteroatoms. The fourth-order valence-electron chi connectivity index (χ4n) is 2.67. The zero-order valence-corrected chi connectivity index (χ0v) is 13.0. The minimum absolute atomic E-state index is 0.0180. The smallest absolute Gasteiger partial charge is 0.253 e. The molecule has 0 aliphatic carbocycles. The van der Waals surface area contributed by atoms with Gasteiger partial charge in [0.1, 0.15) is 0 Å². The third kappa shape index (κ3) is 4.18. The van der Waals surface area contributed by atoms with Crippen molar-refractivity contribution in [3.8, 4) is 0 Å². The van der Waals surface area contributed by atoms with Gasteiger partial charge >= 0.3 is 0 Å². The molecule has 1 saturated heterocycles. The van der Waals surface area contributed by atoms with Gasteiger partial charge in [0, 0.05) is 13.1 Å². The van der Waals surface area contributed by atoms with Crippen LogP contribution in [0.3, 0.4) is 0 Å². The lowest BCUT2D eigenvalue weighted by atomic mass is 9.97. The van der Waals surface area contributed by atoms with Gasteiger partial charge < -0.3 is 15.5 Å². The minimum atomic E-state index is -0.212. The number of anilines is 1. The number of hydrogen-bond acceptors (Lipinski definition) is 3. The number of hydrogen-bond donors (Lipinski definition) is 2. The molecule has 1 unspecified atom stereocenters. The molecule has 1 fully saturated rings. The predicted octanol–water partition coefficient (Wildman–Crippen LogP) is 1.88. The summed E-state index contributed by atoms with van der Waals surface area (Å²) in [5.41, 5.74) is 1.03. The van der Waals surface area contributed by atoms with Crippen LogP contribution >= 0.6 is 0 Å². The molecule has 1 aromatic rings. The van der Waals surface area contributed by atoms with E-state index in [2.05, 4.69) is 22.1 Å². The fraction of sp³-hybridized carbons (Fsp3) is 0.412. The van der Waals surface area contributed by atoms with Crippen LogP contribution in [-0.2, 0) is 4.79 Å². The molecule has 118 valence electrons. The Morgan fingerprint density at radius 2 is 2.18 bits per heavy atom. The molecule has 1 aromatic carbocycles. The Morgan fingerprint density at radius 1 is 1.41 bits per heavy atom. The van der Waals surface area contributed by atoms with E-state index in [1.165, 1.54) is 0 Å². The number of rotatable bonds is 5. The van der Waals surface area contributed by atoms with E-state index in [4.69, 9.17) is 0 Å². The van der Waals surface area contributed by atoms with Crippen LogP contribution in [0.2, 0.25) is 0 Å². The van der Waals surface area contributed by atoms with Gasteiger partial charge in [-0.25, -0.2) is 0 Å². The van der Waals surface area contributed by atoms with E-state index in [0.29, 0.717) is 17.8 Å². The van der Waals surface area contributed by atoms with Crippen molar-refractivity contribution in [3.05, 3.63) is 42.5 Å². The molecule has 0 bridgehead atoms. The van der Waals surface area contributed by atoms with Crippen molar-refractivity contribution in [3.63, 3.8) is 0 Å². The Labute approximate surface area is 131 Å². The molecule has 0 saturated carbocycles. The van der Waals surface area contributed by atoms with Crippen LogP contribution in [0.1, 0.15) is 23.2 Å². The number of para-hydroxylation sites is 1. The molecule has 2 amide bonds. The molecule has 0 radical (unpaired) electrons. The summed E-state index contributed by atoms with van der Waals surface area (Å²) in [6.07, 6.45) is 3.54. The number of likely N-dealkylation sites (tertiary alicyclic amines) is 1. The minimum Gasteiger partial charge on any atom is -0.349 e. The van der Waals surface area contributed by atoms with Crippen molar-refractivity contribution in [2.75, 3.05) is 32.0 Å². The third-order valence-electron chi connectivity index (χ3n) is 3.83. The van der Waals surface area contributed by atoms with Crippen molar-refractivity contribution >= 4 is 17.5 Å². The molecular weight excluding hydrogens is 278 g/mol. The van der Waals surface area contributed by atoms with Crippen molar-refractivity contribution in [2.24, 2.45) is 5.92 Å². The van der Waals surface area contributed by atoms with Crippen LogP contribution in [0.4, 0.5) is 5.69 Å². The van der Waals surface area contributed by atoms with E-state index in [0.717, 1.165) is 25.9 Å². The summed E-state index contributed by atoms with van der Waals surface area (Å²) in [7, 11) is 2.02. The van der Waals surface area contributed by atoms with Crippen molar-refractivity contribution < 1.29 is 9.59 Å². The number of nitrogens with one attached hydrogen (secondary N) is 2. The largest absolute Gasteiger partial charge is 0.349 e. The first-order valence-electron chi connectivity index (χ1n) is 7.59. The lowest BCUT2D eigenvalue weighted by Crippen LogP contribution is -2.38. The highest BCUT2D eigenvalue weighted by atomic mass is 16.2. The Morgan fingerprint density at radius 3 is 2.91 bits per heavy atom. The summed E-state index contributed by atoms with van der Waals surface area (Å²) >= 11 is 0. The number of carbonyl (C=O) groups is 2. The Bertz CT molecular complexity index is 557. The number of piperidine rings is 1. The van der Waals surface area contributed by atoms with E-state index < -0.39 is 0 Å². The van der Waals surface area contributed by atoms with Gasteiger partial charge in [-0.3, -0.25) is 9.59 Å². The molecule has 5 nitrogen and oxygen atoms in total. The van der Waals surface area contributed by atoms with Crippen LogP contribution in [0.5, 0.6) is 0 Å². The van der Waals surface area contributed by atoms with Crippen LogP contribution in [0, 0.1) is 5.92 Å². The van der Waals surface area contributed by atoms with Gasteiger partial charge in [-0.1, -0.05) is 18.2 Å². The highest BCUT2D eigenvalue weighted by Crippen LogP contribution is 2.20. The van der Waals surface area contributed by atoms with E-state index in [1.54, 1.807) is 24.3 Å². The van der Waals surface area contributed by atoms with E-state index in [1.807, 2.05) is 13.1 Å².